The van der Waals surface area contributed by atoms with E-state index < -0.39 is 5.97 Å². The number of hydrogen-bond acceptors (Lipinski definition) is 3. The fraction of sp³-hybridized carbons (Fsp3) is 0.941. The van der Waals surface area contributed by atoms with Crippen LogP contribution in [0.25, 0.3) is 0 Å². The maximum absolute atomic E-state index is 11.4. The van der Waals surface area contributed by atoms with Crippen molar-refractivity contribution in [1.29, 1.82) is 0 Å². The van der Waals surface area contributed by atoms with Crippen molar-refractivity contribution in [2.24, 2.45) is 17.8 Å². The predicted molar refractivity (Wildman–Crippen MR) is 83.3 cm³/mol. The summed E-state index contributed by atoms with van der Waals surface area (Å²) < 4.78 is 0. The molecule has 3 fully saturated rings. The molecule has 0 amide bonds. The summed E-state index contributed by atoms with van der Waals surface area (Å²) in [6.07, 6.45) is 10.4. The molecule has 3 aliphatic rings. The molecule has 0 aromatic rings. The van der Waals surface area contributed by atoms with Gasteiger partial charge in [0.2, 0.25) is 0 Å². The highest BCUT2D eigenvalue weighted by Crippen LogP contribution is 2.31. The molecule has 2 atom stereocenters. The first-order valence-electron chi connectivity index (χ1n) is 8.89. The zero-order valence-electron chi connectivity index (χ0n) is 13.1. The molecule has 0 aromatic carbocycles. The Hall–Kier alpha value is -0.610. The van der Waals surface area contributed by atoms with E-state index in [0.717, 1.165) is 44.4 Å². The molecule has 21 heavy (non-hydrogen) atoms. The van der Waals surface area contributed by atoms with Gasteiger partial charge in [0, 0.05) is 25.7 Å². The van der Waals surface area contributed by atoms with Crippen molar-refractivity contribution in [3.8, 4) is 0 Å². The molecular weight excluding hydrogens is 264 g/mol. The third-order valence-electron chi connectivity index (χ3n) is 5.51. The molecule has 2 saturated carbocycles. The van der Waals surface area contributed by atoms with Crippen molar-refractivity contribution >= 4 is 5.97 Å². The van der Waals surface area contributed by atoms with Crippen LogP contribution in [-0.4, -0.2) is 48.2 Å². The van der Waals surface area contributed by atoms with Gasteiger partial charge < -0.3 is 15.3 Å². The normalized spacial score (nSPS) is 32.2. The number of nitrogens with one attached hydrogen (secondary N) is 1. The van der Waals surface area contributed by atoms with Crippen LogP contribution in [0.1, 0.15) is 51.4 Å². The van der Waals surface area contributed by atoms with E-state index in [0.29, 0.717) is 6.04 Å². The van der Waals surface area contributed by atoms with E-state index in [4.69, 9.17) is 0 Å². The maximum atomic E-state index is 11.4. The smallest absolute Gasteiger partial charge is 0.307 e. The number of likely N-dealkylation sites (tertiary alicyclic amines) is 1. The summed E-state index contributed by atoms with van der Waals surface area (Å²) in [5, 5.41) is 13.1. The third kappa shape index (κ3) is 4.68. The van der Waals surface area contributed by atoms with Crippen molar-refractivity contribution in [3.63, 3.8) is 0 Å². The Morgan fingerprint density at radius 1 is 1.05 bits per heavy atom. The van der Waals surface area contributed by atoms with Gasteiger partial charge in [-0.2, -0.15) is 0 Å². The Kier molecular flexibility index (Phi) is 5.17. The highest BCUT2D eigenvalue weighted by molar-refractivity contribution is 5.70. The van der Waals surface area contributed by atoms with Crippen LogP contribution in [0.4, 0.5) is 0 Å². The Morgan fingerprint density at radius 2 is 1.81 bits per heavy atom. The van der Waals surface area contributed by atoms with E-state index in [-0.39, 0.29) is 5.92 Å². The number of rotatable bonds is 6. The largest absolute Gasteiger partial charge is 0.481 e. The highest BCUT2D eigenvalue weighted by atomic mass is 16.4. The molecule has 1 aliphatic heterocycles. The second-order valence-corrected chi connectivity index (χ2v) is 7.54. The van der Waals surface area contributed by atoms with E-state index in [1.165, 1.54) is 44.9 Å². The van der Waals surface area contributed by atoms with Crippen molar-refractivity contribution < 1.29 is 9.90 Å². The van der Waals surface area contributed by atoms with Gasteiger partial charge in [0.05, 0.1) is 5.92 Å². The number of carboxylic acids is 1. The third-order valence-corrected chi connectivity index (χ3v) is 5.51. The number of hydrogen-bond donors (Lipinski definition) is 2. The summed E-state index contributed by atoms with van der Waals surface area (Å²) in [5.74, 6) is 0.874. The van der Waals surface area contributed by atoms with Crippen LogP contribution in [0, 0.1) is 17.8 Å². The van der Waals surface area contributed by atoms with Crippen LogP contribution < -0.4 is 5.32 Å². The van der Waals surface area contributed by atoms with Gasteiger partial charge in [-0.05, 0) is 50.5 Å². The lowest BCUT2D eigenvalue weighted by Gasteiger charge is -2.37. The zero-order valence-corrected chi connectivity index (χ0v) is 13.1. The number of nitrogens with zero attached hydrogens (tertiary/aromatic N) is 1. The minimum atomic E-state index is -0.611. The fourth-order valence-corrected chi connectivity index (χ4v) is 4.06. The molecule has 4 nitrogen and oxygen atoms in total. The summed E-state index contributed by atoms with van der Waals surface area (Å²) in [5.41, 5.74) is 0. The van der Waals surface area contributed by atoms with Crippen molar-refractivity contribution in [2.45, 2.75) is 57.4 Å². The molecule has 2 N–H and O–H groups in total. The van der Waals surface area contributed by atoms with Gasteiger partial charge in [-0.1, -0.05) is 19.3 Å². The Bertz CT molecular complexity index is 351. The molecule has 1 saturated heterocycles. The first-order valence-corrected chi connectivity index (χ1v) is 8.89. The summed E-state index contributed by atoms with van der Waals surface area (Å²) in [7, 11) is 0. The lowest BCUT2D eigenvalue weighted by atomic mass is 9.88. The Morgan fingerprint density at radius 3 is 2.48 bits per heavy atom. The van der Waals surface area contributed by atoms with E-state index in [2.05, 4.69) is 10.2 Å². The number of piperidine rings is 1. The van der Waals surface area contributed by atoms with Crippen LogP contribution in [0.2, 0.25) is 0 Å². The minimum absolute atomic E-state index is 0.179. The van der Waals surface area contributed by atoms with Crippen molar-refractivity contribution in [2.75, 3.05) is 26.2 Å². The van der Waals surface area contributed by atoms with Crippen LogP contribution in [0.15, 0.2) is 0 Å². The quantitative estimate of drug-likeness (QED) is 0.789. The molecular formula is C17H30N2O2. The van der Waals surface area contributed by atoms with Crippen LogP contribution >= 0.6 is 0 Å². The maximum Gasteiger partial charge on any atom is 0.307 e. The van der Waals surface area contributed by atoms with Gasteiger partial charge in [0.25, 0.3) is 0 Å². The SMILES string of the molecule is O=C(O)C1CC(NCC2CCCCC2)CN(CC2CC2)C1. The van der Waals surface area contributed by atoms with Gasteiger partial charge in [0.1, 0.15) is 0 Å². The van der Waals surface area contributed by atoms with E-state index in [9.17, 15) is 9.90 Å². The molecule has 0 aromatic heterocycles. The molecule has 0 radical (unpaired) electrons. The Balaban J connectivity index is 1.48. The average Bonchev–Trinajstić information content (AvgIpc) is 3.30. The Labute approximate surface area is 128 Å². The first-order chi connectivity index (χ1) is 10.2. The van der Waals surface area contributed by atoms with Crippen LogP contribution in [0.3, 0.4) is 0 Å². The van der Waals surface area contributed by atoms with E-state index in [1.54, 1.807) is 0 Å². The molecule has 120 valence electrons. The molecule has 2 aliphatic carbocycles. The van der Waals surface area contributed by atoms with Crippen LogP contribution in [0.5, 0.6) is 0 Å². The second kappa shape index (κ2) is 7.10. The average molecular weight is 294 g/mol. The van der Waals surface area contributed by atoms with Crippen molar-refractivity contribution in [1.82, 2.24) is 10.2 Å². The molecule has 1 heterocycles. The molecule has 0 spiro atoms. The lowest BCUT2D eigenvalue weighted by Crippen LogP contribution is -2.52. The summed E-state index contributed by atoms with van der Waals surface area (Å²) >= 11 is 0. The minimum Gasteiger partial charge on any atom is -0.481 e. The number of carbonyl (C=O) groups is 1. The van der Waals surface area contributed by atoms with E-state index >= 15 is 0 Å². The predicted octanol–water partition coefficient (Wildman–Crippen LogP) is 2.34. The van der Waals surface area contributed by atoms with Gasteiger partial charge in [0.15, 0.2) is 0 Å². The monoisotopic (exact) mass is 294 g/mol. The lowest BCUT2D eigenvalue weighted by molar-refractivity contribution is -0.144. The first kappa shape index (κ1) is 15.3. The topological polar surface area (TPSA) is 52.6 Å². The van der Waals surface area contributed by atoms with Crippen LogP contribution in [-0.2, 0) is 4.79 Å². The van der Waals surface area contributed by atoms with Gasteiger partial charge >= 0.3 is 5.97 Å². The summed E-state index contributed by atoms with van der Waals surface area (Å²) in [6.45, 7) is 4.01. The van der Waals surface area contributed by atoms with Gasteiger partial charge in [-0.3, -0.25) is 4.79 Å². The molecule has 2 unspecified atom stereocenters. The number of aliphatic carboxylic acids is 1. The molecule has 0 bridgehead atoms. The summed E-state index contributed by atoms with van der Waals surface area (Å²) in [6, 6.07) is 0.375. The second-order valence-electron chi connectivity index (χ2n) is 7.54. The standard InChI is InChI=1S/C17H30N2O2/c20-17(21)15-8-16(12-19(11-15)10-14-6-7-14)18-9-13-4-2-1-3-5-13/h13-16,18H,1-12H2,(H,20,21). The fourth-order valence-electron chi connectivity index (χ4n) is 4.06. The van der Waals surface area contributed by atoms with Gasteiger partial charge in [-0.15, -0.1) is 0 Å². The van der Waals surface area contributed by atoms with Crippen molar-refractivity contribution in [3.05, 3.63) is 0 Å². The van der Waals surface area contributed by atoms with Gasteiger partial charge in [-0.25, -0.2) is 0 Å². The number of carboxylic acid groups (broad SMARTS) is 1. The molecule has 4 heteroatoms. The summed E-state index contributed by atoms with van der Waals surface area (Å²) in [4.78, 5) is 13.8. The van der Waals surface area contributed by atoms with E-state index in [1.807, 2.05) is 0 Å². The zero-order chi connectivity index (χ0) is 14.7. The molecule has 3 rings (SSSR count). The highest BCUT2D eigenvalue weighted by Gasteiger charge is 2.34.